The number of carbonyl (C=O) groups is 1. The fraction of sp³-hybridized carbons (Fsp3) is 0.111. The van der Waals surface area contributed by atoms with Gasteiger partial charge in [-0.05, 0) is 48.0 Å². The molecular formula is C18H15ClN2O3. The summed E-state index contributed by atoms with van der Waals surface area (Å²) in [7, 11) is 1.60. The van der Waals surface area contributed by atoms with Crippen LogP contribution in [0, 0.1) is 0 Å². The lowest BCUT2D eigenvalue weighted by atomic mass is 10.1. The van der Waals surface area contributed by atoms with E-state index in [2.05, 4.69) is 5.10 Å². The fourth-order valence-corrected chi connectivity index (χ4v) is 2.50. The number of nitrogens with zero attached hydrogens (tertiary/aromatic N) is 2. The summed E-state index contributed by atoms with van der Waals surface area (Å²) in [6.45, 7) is 0.356. The van der Waals surface area contributed by atoms with Crippen molar-refractivity contribution in [1.29, 1.82) is 0 Å². The van der Waals surface area contributed by atoms with Gasteiger partial charge in [-0.3, -0.25) is 4.68 Å². The van der Waals surface area contributed by atoms with E-state index >= 15 is 0 Å². The summed E-state index contributed by atoms with van der Waals surface area (Å²) in [5.74, 6) is -0.283. The van der Waals surface area contributed by atoms with Crippen molar-refractivity contribution in [2.75, 3.05) is 7.11 Å². The summed E-state index contributed by atoms with van der Waals surface area (Å²) in [6, 6.07) is 16.1. The van der Waals surface area contributed by atoms with Gasteiger partial charge in [-0.1, -0.05) is 23.7 Å². The van der Waals surface area contributed by atoms with Crippen molar-refractivity contribution in [2.24, 2.45) is 0 Å². The van der Waals surface area contributed by atoms with Gasteiger partial charge in [0.15, 0.2) is 0 Å². The Morgan fingerprint density at radius 3 is 2.42 bits per heavy atom. The van der Waals surface area contributed by atoms with Gasteiger partial charge >= 0.3 is 5.97 Å². The SMILES string of the molecule is COc1ccc(-c2cc(C(=O)O)n(Cc3ccc(Cl)cc3)n2)cc1. The van der Waals surface area contributed by atoms with Crippen molar-refractivity contribution in [2.45, 2.75) is 6.54 Å². The van der Waals surface area contributed by atoms with Crippen LogP contribution in [0.2, 0.25) is 5.02 Å². The van der Waals surface area contributed by atoms with E-state index in [1.54, 1.807) is 25.3 Å². The van der Waals surface area contributed by atoms with E-state index in [0.29, 0.717) is 17.3 Å². The Hall–Kier alpha value is -2.79. The van der Waals surface area contributed by atoms with Crippen LogP contribution in [0.15, 0.2) is 54.6 Å². The predicted molar refractivity (Wildman–Crippen MR) is 91.7 cm³/mol. The number of carboxylic acids is 1. The van der Waals surface area contributed by atoms with Crippen LogP contribution in [0.4, 0.5) is 0 Å². The molecule has 6 heteroatoms. The Morgan fingerprint density at radius 2 is 1.83 bits per heavy atom. The van der Waals surface area contributed by atoms with E-state index < -0.39 is 5.97 Å². The Morgan fingerprint density at radius 1 is 1.17 bits per heavy atom. The van der Waals surface area contributed by atoms with Gasteiger partial charge in [0.1, 0.15) is 11.4 Å². The average molecular weight is 343 g/mol. The Kier molecular flexibility index (Phi) is 4.53. The fourth-order valence-electron chi connectivity index (χ4n) is 2.38. The highest BCUT2D eigenvalue weighted by molar-refractivity contribution is 6.30. The second-order valence-corrected chi connectivity index (χ2v) is 5.67. The maximum atomic E-state index is 11.5. The van der Waals surface area contributed by atoms with Gasteiger partial charge < -0.3 is 9.84 Å². The minimum Gasteiger partial charge on any atom is -0.497 e. The Labute approximate surface area is 144 Å². The first kappa shape index (κ1) is 16.1. The van der Waals surface area contributed by atoms with Crippen molar-refractivity contribution in [3.63, 3.8) is 0 Å². The predicted octanol–water partition coefficient (Wildman–Crippen LogP) is 3.96. The number of aromatic carboxylic acids is 1. The van der Waals surface area contributed by atoms with Crippen molar-refractivity contribution < 1.29 is 14.6 Å². The molecule has 0 aliphatic heterocycles. The Bertz CT molecular complexity index is 855. The van der Waals surface area contributed by atoms with Gasteiger partial charge in [-0.2, -0.15) is 5.10 Å². The van der Waals surface area contributed by atoms with E-state index in [4.69, 9.17) is 16.3 Å². The molecule has 2 aromatic carbocycles. The molecule has 0 amide bonds. The third-order valence-electron chi connectivity index (χ3n) is 3.63. The van der Waals surface area contributed by atoms with E-state index in [9.17, 15) is 9.90 Å². The zero-order chi connectivity index (χ0) is 17.1. The number of hydrogen-bond acceptors (Lipinski definition) is 3. The summed E-state index contributed by atoms with van der Waals surface area (Å²) in [6.07, 6.45) is 0. The van der Waals surface area contributed by atoms with Crippen LogP contribution in [0.5, 0.6) is 5.75 Å². The standard InChI is InChI=1S/C18H15ClN2O3/c1-24-15-8-4-13(5-9-15)16-10-17(18(22)23)21(20-16)11-12-2-6-14(19)7-3-12/h2-10H,11H2,1H3,(H,22,23). The molecule has 5 nitrogen and oxygen atoms in total. The summed E-state index contributed by atoms with van der Waals surface area (Å²) in [5.41, 5.74) is 2.49. The monoisotopic (exact) mass is 342 g/mol. The molecule has 1 aromatic heterocycles. The van der Waals surface area contributed by atoms with Crippen molar-refractivity contribution >= 4 is 17.6 Å². The largest absolute Gasteiger partial charge is 0.497 e. The van der Waals surface area contributed by atoms with Gasteiger partial charge in [0.25, 0.3) is 0 Å². The average Bonchev–Trinajstić information content (AvgIpc) is 3.01. The lowest BCUT2D eigenvalue weighted by molar-refractivity contribution is 0.0684. The number of rotatable bonds is 5. The molecule has 122 valence electrons. The lowest BCUT2D eigenvalue weighted by Crippen LogP contribution is -2.10. The van der Waals surface area contributed by atoms with Crippen LogP contribution in [-0.2, 0) is 6.54 Å². The van der Waals surface area contributed by atoms with Gasteiger partial charge in [-0.25, -0.2) is 4.79 Å². The quantitative estimate of drug-likeness (QED) is 0.762. The van der Waals surface area contributed by atoms with Gasteiger partial charge in [0, 0.05) is 10.6 Å². The maximum Gasteiger partial charge on any atom is 0.354 e. The van der Waals surface area contributed by atoms with E-state index in [1.165, 1.54) is 4.68 Å². The number of hydrogen-bond donors (Lipinski definition) is 1. The lowest BCUT2D eigenvalue weighted by Gasteiger charge is -2.05. The third kappa shape index (κ3) is 3.41. The molecule has 1 N–H and O–H groups in total. The number of ether oxygens (including phenoxy) is 1. The molecule has 3 rings (SSSR count). The number of methoxy groups -OCH3 is 1. The van der Waals surface area contributed by atoms with Crippen molar-refractivity contribution in [1.82, 2.24) is 9.78 Å². The molecule has 1 heterocycles. The number of aromatic nitrogens is 2. The normalized spacial score (nSPS) is 10.6. The highest BCUT2D eigenvalue weighted by Crippen LogP contribution is 2.23. The smallest absolute Gasteiger partial charge is 0.354 e. The van der Waals surface area contributed by atoms with E-state index in [-0.39, 0.29) is 5.69 Å². The van der Waals surface area contributed by atoms with Crippen LogP contribution in [0.25, 0.3) is 11.3 Å². The zero-order valence-electron chi connectivity index (χ0n) is 12.9. The van der Waals surface area contributed by atoms with Crippen molar-refractivity contribution in [3.8, 4) is 17.0 Å². The van der Waals surface area contributed by atoms with Crippen LogP contribution in [0.3, 0.4) is 0 Å². The maximum absolute atomic E-state index is 11.5. The minimum absolute atomic E-state index is 0.135. The molecular weight excluding hydrogens is 328 g/mol. The first-order chi connectivity index (χ1) is 11.6. The summed E-state index contributed by atoms with van der Waals surface area (Å²) in [4.78, 5) is 11.5. The molecule has 3 aromatic rings. The molecule has 0 radical (unpaired) electrons. The zero-order valence-corrected chi connectivity index (χ0v) is 13.7. The molecule has 0 fully saturated rings. The van der Waals surface area contributed by atoms with Crippen LogP contribution in [0.1, 0.15) is 16.1 Å². The molecule has 0 aliphatic rings. The molecule has 0 unspecified atom stereocenters. The summed E-state index contributed by atoms with van der Waals surface area (Å²) in [5, 5.41) is 14.5. The first-order valence-electron chi connectivity index (χ1n) is 7.27. The highest BCUT2D eigenvalue weighted by Gasteiger charge is 2.15. The topological polar surface area (TPSA) is 64.3 Å². The third-order valence-corrected chi connectivity index (χ3v) is 3.88. The van der Waals surface area contributed by atoms with Crippen LogP contribution in [-0.4, -0.2) is 28.0 Å². The number of carboxylic acid groups (broad SMARTS) is 1. The number of benzene rings is 2. The molecule has 0 saturated heterocycles. The summed E-state index contributed by atoms with van der Waals surface area (Å²) < 4.78 is 6.61. The van der Waals surface area contributed by atoms with E-state index in [0.717, 1.165) is 16.9 Å². The molecule has 0 saturated carbocycles. The second-order valence-electron chi connectivity index (χ2n) is 5.23. The van der Waals surface area contributed by atoms with Gasteiger partial charge in [-0.15, -0.1) is 0 Å². The van der Waals surface area contributed by atoms with Crippen LogP contribution < -0.4 is 4.74 Å². The molecule has 0 spiro atoms. The van der Waals surface area contributed by atoms with E-state index in [1.807, 2.05) is 36.4 Å². The van der Waals surface area contributed by atoms with Gasteiger partial charge in [0.05, 0.1) is 19.3 Å². The molecule has 0 atom stereocenters. The summed E-state index contributed by atoms with van der Waals surface area (Å²) >= 11 is 5.88. The highest BCUT2D eigenvalue weighted by atomic mass is 35.5. The Balaban J connectivity index is 1.94. The molecule has 24 heavy (non-hydrogen) atoms. The van der Waals surface area contributed by atoms with Gasteiger partial charge in [0.2, 0.25) is 0 Å². The van der Waals surface area contributed by atoms with Crippen molar-refractivity contribution in [3.05, 3.63) is 70.9 Å². The minimum atomic E-state index is -1.02. The molecule has 0 bridgehead atoms. The second kappa shape index (κ2) is 6.76. The van der Waals surface area contributed by atoms with Crippen LogP contribution >= 0.6 is 11.6 Å². The number of halogens is 1. The first-order valence-corrected chi connectivity index (χ1v) is 7.64. The molecule has 0 aliphatic carbocycles.